The van der Waals surface area contributed by atoms with Crippen molar-refractivity contribution < 1.29 is 9.18 Å². The second-order valence-corrected chi connectivity index (χ2v) is 4.90. The van der Waals surface area contributed by atoms with Crippen LogP contribution in [0, 0.1) is 5.82 Å². The van der Waals surface area contributed by atoms with Gasteiger partial charge in [-0.3, -0.25) is 4.79 Å². The molecule has 0 saturated carbocycles. The average Bonchev–Trinajstić information content (AvgIpc) is 2.85. The van der Waals surface area contributed by atoms with Crippen molar-refractivity contribution >= 4 is 11.5 Å². The Labute approximate surface area is 111 Å². The summed E-state index contributed by atoms with van der Waals surface area (Å²) in [5, 5.41) is 0. The molecule has 0 spiro atoms. The number of carbonyl (C=O) groups is 1. The van der Waals surface area contributed by atoms with Gasteiger partial charge in [0.1, 0.15) is 5.82 Å². The Morgan fingerprint density at radius 1 is 1.05 bits per heavy atom. The molecule has 1 aliphatic carbocycles. The molecule has 0 unspecified atom stereocenters. The minimum absolute atomic E-state index is 0.146. The van der Waals surface area contributed by atoms with Gasteiger partial charge in [0.05, 0.1) is 0 Å². The van der Waals surface area contributed by atoms with Crippen molar-refractivity contribution in [3.05, 3.63) is 64.5 Å². The zero-order valence-corrected chi connectivity index (χ0v) is 10.4. The summed E-state index contributed by atoms with van der Waals surface area (Å²) in [6.45, 7) is 0. The van der Waals surface area contributed by atoms with Gasteiger partial charge in [-0.2, -0.15) is 0 Å². The molecular formula is C16H14FNO. The van der Waals surface area contributed by atoms with Crippen LogP contribution < -0.4 is 5.73 Å². The molecule has 0 atom stereocenters. The van der Waals surface area contributed by atoms with Crippen LogP contribution in [0.3, 0.4) is 0 Å². The fourth-order valence-corrected chi connectivity index (χ4v) is 2.61. The van der Waals surface area contributed by atoms with Gasteiger partial charge >= 0.3 is 0 Å². The van der Waals surface area contributed by atoms with Crippen molar-refractivity contribution in [2.75, 3.05) is 5.73 Å². The van der Waals surface area contributed by atoms with Crippen LogP contribution in [-0.2, 0) is 12.8 Å². The number of hydrogen-bond donors (Lipinski definition) is 1. The van der Waals surface area contributed by atoms with Gasteiger partial charge in [-0.1, -0.05) is 12.1 Å². The minimum atomic E-state index is -0.428. The first-order valence-electron chi connectivity index (χ1n) is 6.36. The van der Waals surface area contributed by atoms with Crippen molar-refractivity contribution in [3.8, 4) is 0 Å². The summed E-state index contributed by atoms with van der Waals surface area (Å²) < 4.78 is 13.0. The van der Waals surface area contributed by atoms with Gasteiger partial charge in [0.25, 0.3) is 0 Å². The number of benzene rings is 2. The van der Waals surface area contributed by atoms with E-state index >= 15 is 0 Å². The lowest BCUT2D eigenvalue weighted by atomic mass is 9.98. The number of ketones is 1. The quantitative estimate of drug-likeness (QED) is 0.661. The highest BCUT2D eigenvalue weighted by Gasteiger charge is 2.16. The number of anilines is 1. The van der Waals surface area contributed by atoms with Crippen molar-refractivity contribution in [2.24, 2.45) is 0 Å². The number of nitrogens with two attached hydrogens (primary N) is 1. The molecule has 2 aromatic rings. The van der Waals surface area contributed by atoms with Gasteiger partial charge < -0.3 is 5.73 Å². The molecule has 0 heterocycles. The van der Waals surface area contributed by atoms with Gasteiger partial charge in [0.2, 0.25) is 0 Å². The predicted octanol–water partition coefficient (Wildman–Crippen LogP) is 3.13. The molecule has 19 heavy (non-hydrogen) atoms. The maximum absolute atomic E-state index is 13.0. The summed E-state index contributed by atoms with van der Waals surface area (Å²) >= 11 is 0. The van der Waals surface area contributed by atoms with E-state index in [9.17, 15) is 9.18 Å². The Morgan fingerprint density at radius 2 is 1.84 bits per heavy atom. The number of halogens is 1. The van der Waals surface area contributed by atoms with E-state index in [2.05, 4.69) is 0 Å². The lowest BCUT2D eigenvalue weighted by Crippen LogP contribution is -2.06. The van der Waals surface area contributed by atoms with Crippen molar-refractivity contribution in [1.29, 1.82) is 0 Å². The van der Waals surface area contributed by atoms with Crippen LogP contribution in [0.15, 0.2) is 36.4 Å². The molecule has 2 N–H and O–H groups in total. The highest BCUT2D eigenvalue weighted by molar-refractivity contribution is 6.12. The Kier molecular flexibility index (Phi) is 2.82. The molecule has 0 radical (unpaired) electrons. The first kappa shape index (κ1) is 11.9. The minimum Gasteiger partial charge on any atom is -0.398 e. The second-order valence-electron chi connectivity index (χ2n) is 4.90. The molecule has 3 rings (SSSR count). The van der Waals surface area contributed by atoms with E-state index in [1.165, 1.54) is 29.3 Å². The van der Waals surface area contributed by atoms with Crippen molar-refractivity contribution in [2.45, 2.75) is 19.3 Å². The van der Waals surface area contributed by atoms with E-state index in [1.807, 2.05) is 18.2 Å². The average molecular weight is 255 g/mol. The van der Waals surface area contributed by atoms with Gasteiger partial charge in [0.15, 0.2) is 5.78 Å². The molecule has 2 aromatic carbocycles. The highest BCUT2D eigenvalue weighted by Crippen LogP contribution is 2.25. The molecule has 2 nitrogen and oxygen atoms in total. The van der Waals surface area contributed by atoms with Gasteiger partial charge in [-0.25, -0.2) is 4.39 Å². The fraction of sp³-hybridized carbons (Fsp3) is 0.188. The molecule has 3 heteroatoms. The van der Waals surface area contributed by atoms with E-state index in [0.717, 1.165) is 19.3 Å². The third kappa shape index (κ3) is 2.12. The highest BCUT2D eigenvalue weighted by atomic mass is 19.1. The third-order valence-electron chi connectivity index (χ3n) is 3.62. The Bertz CT molecular complexity index is 664. The summed E-state index contributed by atoms with van der Waals surface area (Å²) in [4.78, 5) is 12.4. The monoisotopic (exact) mass is 255 g/mol. The number of aryl methyl sites for hydroxylation is 2. The van der Waals surface area contributed by atoms with E-state index in [0.29, 0.717) is 11.1 Å². The Balaban J connectivity index is 2.00. The van der Waals surface area contributed by atoms with Crippen LogP contribution in [0.5, 0.6) is 0 Å². The second kappa shape index (κ2) is 4.50. The number of carbonyl (C=O) groups excluding carboxylic acids is 1. The molecule has 0 aromatic heterocycles. The van der Waals surface area contributed by atoms with E-state index in [1.54, 1.807) is 0 Å². The first-order chi connectivity index (χ1) is 9.15. The topological polar surface area (TPSA) is 43.1 Å². The normalized spacial score (nSPS) is 13.3. The SMILES string of the molecule is Nc1cc(F)ccc1C(=O)c1ccc2c(c1)CCC2. The zero-order chi connectivity index (χ0) is 13.4. The first-order valence-corrected chi connectivity index (χ1v) is 6.36. The maximum atomic E-state index is 13.0. The van der Waals surface area contributed by atoms with Crippen LogP contribution in [0.2, 0.25) is 0 Å². The molecule has 0 aliphatic heterocycles. The molecule has 0 fully saturated rings. The molecule has 96 valence electrons. The van der Waals surface area contributed by atoms with Crippen LogP contribution in [-0.4, -0.2) is 5.78 Å². The van der Waals surface area contributed by atoms with E-state index in [4.69, 9.17) is 5.73 Å². The van der Waals surface area contributed by atoms with Crippen LogP contribution in [0.1, 0.15) is 33.5 Å². The zero-order valence-electron chi connectivity index (χ0n) is 10.4. The largest absolute Gasteiger partial charge is 0.398 e. The van der Waals surface area contributed by atoms with Gasteiger partial charge in [-0.15, -0.1) is 0 Å². The van der Waals surface area contributed by atoms with Crippen LogP contribution >= 0.6 is 0 Å². The number of rotatable bonds is 2. The lowest BCUT2D eigenvalue weighted by molar-refractivity contribution is 0.103. The van der Waals surface area contributed by atoms with Gasteiger partial charge in [-0.05, 0) is 54.7 Å². The number of fused-ring (bicyclic) bond motifs is 1. The van der Waals surface area contributed by atoms with Crippen LogP contribution in [0.25, 0.3) is 0 Å². The smallest absolute Gasteiger partial charge is 0.195 e. The Hall–Kier alpha value is -2.16. The third-order valence-corrected chi connectivity index (χ3v) is 3.62. The van der Waals surface area contributed by atoms with Crippen LogP contribution in [0.4, 0.5) is 10.1 Å². The summed E-state index contributed by atoms with van der Waals surface area (Å²) in [6.07, 6.45) is 3.25. The van der Waals surface area contributed by atoms with E-state index in [-0.39, 0.29) is 11.5 Å². The lowest BCUT2D eigenvalue weighted by Gasteiger charge is -2.07. The molecule has 0 amide bonds. The Morgan fingerprint density at radius 3 is 2.63 bits per heavy atom. The fourth-order valence-electron chi connectivity index (χ4n) is 2.61. The summed E-state index contributed by atoms with van der Waals surface area (Å²) in [6, 6.07) is 9.66. The molecule has 0 bridgehead atoms. The number of hydrogen-bond acceptors (Lipinski definition) is 2. The van der Waals surface area contributed by atoms with E-state index < -0.39 is 5.82 Å². The number of nitrogen functional groups attached to an aromatic ring is 1. The van der Waals surface area contributed by atoms with Crippen molar-refractivity contribution in [3.63, 3.8) is 0 Å². The summed E-state index contributed by atoms with van der Waals surface area (Å²) in [5.41, 5.74) is 9.45. The standard InChI is InChI=1S/C16H14FNO/c17-13-6-7-14(15(18)9-13)16(19)12-5-4-10-2-1-3-11(10)8-12/h4-9H,1-3,18H2. The van der Waals surface area contributed by atoms with Gasteiger partial charge in [0, 0.05) is 16.8 Å². The molecule has 0 saturated heterocycles. The summed E-state index contributed by atoms with van der Waals surface area (Å²) in [7, 11) is 0. The molecular weight excluding hydrogens is 241 g/mol. The molecule has 1 aliphatic rings. The summed E-state index contributed by atoms with van der Waals surface area (Å²) in [5.74, 6) is -0.574. The van der Waals surface area contributed by atoms with Crippen molar-refractivity contribution in [1.82, 2.24) is 0 Å². The maximum Gasteiger partial charge on any atom is 0.195 e. The predicted molar refractivity (Wildman–Crippen MR) is 72.7 cm³/mol.